The average Bonchev–Trinajstić information content (AvgIpc) is 3.43. The molecule has 1 saturated carbocycles. The van der Waals surface area contributed by atoms with E-state index in [0.717, 1.165) is 31.0 Å². The summed E-state index contributed by atoms with van der Waals surface area (Å²) in [4.78, 5) is 24.8. The van der Waals surface area contributed by atoms with Gasteiger partial charge in [0.2, 0.25) is 0 Å². The van der Waals surface area contributed by atoms with Crippen molar-refractivity contribution in [1.82, 2.24) is 4.90 Å². The van der Waals surface area contributed by atoms with E-state index in [0.29, 0.717) is 18.7 Å². The number of hydrogen-bond acceptors (Lipinski definition) is 4. The van der Waals surface area contributed by atoms with E-state index in [2.05, 4.69) is 27.5 Å². The van der Waals surface area contributed by atoms with Crippen LogP contribution in [0.25, 0.3) is 0 Å². The minimum atomic E-state index is -0.644. The highest BCUT2D eigenvalue weighted by molar-refractivity contribution is 5.84. The molecule has 4 nitrogen and oxygen atoms in total. The Bertz CT molecular complexity index is 1060. The molecule has 154 valence electrons. The van der Waals surface area contributed by atoms with Crippen molar-refractivity contribution in [3.8, 4) is 11.8 Å². The first-order chi connectivity index (χ1) is 14.3. The van der Waals surface area contributed by atoms with Crippen LogP contribution in [0.3, 0.4) is 0 Å². The molecule has 2 aliphatic rings. The molecule has 0 saturated heterocycles. The van der Waals surface area contributed by atoms with Gasteiger partial charge in [-0.15, -0.1) is 0 Å². The third-order valence-electron chi connectivity index (χ3n) is 5.56. The van der Waals surface area contributed by atoms with Crippen molar-refractivity contribution >= 4 is 11.9 Å². The Morgan fingerprint density at radius 3 is 2.43 bits per heavy atom. The minimum Gasteiger partial charge on any atom is -0.393 e. The fourth-order valence-electron chi connectivity index (χ4n) is 4.06. The number of fused-ring (bicyclic) bond motifs is 2. The molecule has 2 aromatic rings. The lowest BCUT2D eigenvalue weighted by molar-refractivity contribution is -0.158. The number of rotatable bonds is 3. The number of benzene rings is 2. The van der Waals surface area contributed by atoms with Gasteiger partial charge in [-0.05, 0) is 48.2 Å². The largest absolute Gasteiger partial charge is 0.393 e. The Labute approximate surface area is 173 Å². The maximum absolute atomic E-state index is 13.3. The van der Waals surface area contributed by atoms with Crippen LogP contribution in [0.1, 0.15) is 48.4 Å². The van der Waals surface area contributed by atoms with Crippen molar-refractivity contribution in [2.45, 2.75) is 38.1 Å². The Hall–Kier alpha value is -3.04. The van der Waals surface area contributed by atoms with Crippen molar-refractivity contribution in [2.75, 3.05) is 13.1 Å². The van der Waals surface area contributed by atoms with Gasteiger partial charge in [0.1, 0.15) is 11.6 Å². The van der Waals surface area contributed by atoms with Crippen molar-refractivity contribution < 1.29 is 23.1 Å². The van der Waals surface area contributed by atoms with E-state index in [4.69, 9.17) is 0 Å². The van der Waals surface area contributed by atoms with Gasteiger partial charge < -0.3 is 4.74 Å². The predicted molar refractivity (Wildman–Crippen MR) is 106 cm³/mol. The summed E-state index contributed by atoms with van der Waals surface area (Å²) in [5.74, 6) is 3.47. The molecule has 1 heterocycles. The fourth-order valence-corrected chi connectivity index (χ4v) is 4.06. The number of carbonyl (C=O) groups is 2. The SMILES string of the molecule is CC(=O)OC(=O)CCN1Cc2ccc(C#Cc3cc(F)cc(F)c3)cc2C2(CC2)C1. The second-order valence-corrected chi connectivity index (χ2v) is 7.99. The number of nitrogens with zero attached hydrogens (tertiary/aromatic N) is 1. The molecule has 30 heavy (non-hydrogen) atoms. The molecule has 6 heteroatoms. The van der Waals surface area contributed by atoms with Crippen molar-refractivity contribution in [2.24, 2.45) is 0 Å². The number of carbonyl (C=O) groups excluding carboxylic acids is 2. The number of hydrogen-bond donors (Lipinski definition) is 0. The highest BCUT2D eigenvalue weighted by Gasteiger charge is 2.48. The van der Waals surface area contributed by atoms with Crippen molar-refractivity contribution in [1.29, 1.82) is 0 Å². The van der Waals surface area contributed by atoms with Gasteiger partial charge in [-0.1, -0.05) is 17.9 Å². The van der Waals surface area contributed by atoms with Gasteiger partial charge in [0.05, 0.1) is 6.42 Å². The molecule has 0 aromatic heterocycles. The molecule has 2 aromatic carbocycles. The number of ether oxygens (including phenoxy) is 1. The highest BCUT2D eigenvalue weighted by Crippen LogP contribution is 2.52. The Morgan fingerprint density at radius 1 is 1.07 bits per heavy atom. The molecule has 0 amide bonds. The van der Waals surface area contributed by atoms with E-state index in [9.17, 15) is 18.4 Å². The van der Waals surface area contributed by atoms with E-state index in [1.165, 1.54) is 30.2 Å². The Kier molecular flexibility index (Phi) is 5.40. The molecule has 1 aliphatic heterocycles. The molecule has 0 N–H and O–H groups in total. The predicted octanol–water partition coefficient (Wildman–Crippen LogP) is 3.69. The van der Waals surface area contributed by atoms with Crippen LogP contribution in [0, 0.1) is 23.5 Å². The molecule has 1 aliphatic carbocycles. The minimum absolute atomic E-state index is 0.0702. The van der Waals surface area contributed by atoms with Crippen LogP contribution in [-0.4, -0.2) is 29.9 Å². The monoisotopic (exact) mass is 409 g/mol. The average molecular weight is 409 g/mol. The van der Waals surface area contributed by atoms with Gasteiger partial charge in [-0.3, -0.25) is 14.5 Å². The van der Waals surface area contributed by atoms with Gasteiger partial charge in [-0.2, -0.15) is 0 Å². The molecular weight excluding hydrogens is 388 g/mol. The third kappa shape index (κ3) is 4.58. The molecule has 4 rings (SSSR count). The van der Waals surface area contributed by atoms with Gasteiger partial charge in [0, 0.05) is 49.2 Å². The summed E-state index contributed by atoms with van der Waals surface area (Å²) in [6.07, 6.45) is 2.32. The zero-order chi connectivity index (χ0) is 21.3. The highest BCUT2D eigenvalue weighted by atomic mass is 19.1. The molecule has 0 unspecified atom stereocenters. The van der Waals surface area contributed by atoms with E-state index in [1.54, 1.807) is 0 Å². The number of halogens is 2. The summed E-state index contributed by atoms with van der Waals surface area (Å²) in [6.45, 7) is 3.33. The van der Waals surface area contributed by atoms with Crippen LogP contribution in [0.4, 0.5) is 8.78 Å². The van der Waals surface area contributed by atoms with E-state index >= 15 is 0 Å². The molecule has 0 bridgehead atoms. The molecule has 1 fully saturated rings. The summed E-state index contributed by atoms with van der Waals surface area (Å²) in [7, 11) is 0. The maximum atomic E-state index is 13.3. The van der Waals surface area contributed by atoms with Gasteiger partial charge in [0.25, 0.3) is 0 Å². The first-order valence-electron chi connectivity index (χ1n) is 9.88. The lowest BCUT2D eigenvalue weighted by atomic mass is 9.85. The smallest absolute Gasteiger partial charge is 0.314 e. The van der Waals surface area contributed by atoms with Gasteiger partial charge in [-0.25, -0.2) is 8.78 Å². The third-order valence-corrected chi connectivity index (χ3v) is 5.56. The van der Waals surface area contributed by atoms with Crippen molar-refractivity contribution in [3.05, 3.63) is 70.3 Å². The zero-order valence-electron chi connectivity index (χ0n) is 16.6. The van der Waals surface area contributed by atoms with E-state index < -0.39 is 23.6 Å². The first-order valence-corrected chi connectivity index (χ1v) is 9.88. The van der Waals surface area contributed by atoms with Gasteiger partial charge >= 0.3 is 11.9 Å². The van der Waals surface area contributed by atoms with Crippen LogP contribution in [0.5, 0.6) is 0 Å². The Morgan fingerprint density at radius 2 is 1.77 bits per heavy atom. The first kappa shape index (κ1) is 20.2. The topological polar surface area (TPSA) is 46.6 Å². The molecule has 0 radical (unpaired) electrons. The summed E-state index contributed by atoms with van der Waals surface area (Å²) >= 11 is 0. The second kappa shape index (κ2) is 8.00. The lowest BCUT2D eigenvalue weighted by Gasteiger charge is -2.35. The normalized spacial score (nSPS) is 16.4. The van der Waals surface area contributed by atoms with Crippen LogP contribution in [0.2, 0.25) is 0 Å². The number of esters is 2. The van der Waals surface area contributed by atoms with Crippen molar-refractivity contribution in [3.63, 3.8) is 0 Å². The maximum Gasteiger partial charge on any atom is 0.314 e. The van der Waals surface area contributed by atoms with E-state index in [-0.39, 0.29) is 11.8 Å². The second-order valence-electron chi connectivity index (χ2n) is 7.99. The van der Waals surface area contributed by atoms with Crippen LogP contribution in [-0.2, 0) is 26.3 Å². The Balaban J connectivity index is 1.49. The molecule has 0 atom stereocenters. The summed E-state index contributed by atoms with van der Waals surface area (Å²) in [5, 5.41) is 0. The summed E-state index contributed by atoms with van der Waals surface area (Å²) in [6, 6.07) is 9.27. The molecule has 1 spiro atoms. The van der Waals surface area contributed by atoms with Gasteiger partial charge in [0.15, 0.2) is 0 Å². The van der Waals surface area contributed by atoms with Crippen LogP contribution < -0.4 is 0 Å². The molecular formula is C24H21F2NO3. The lowest BCUT2D eigenvalue weighted by Crippen LogP contribution is -2.39. The van der Waals surface area contributed by atoms with Crippen LogP contribution in [0.15, 0.2) is 36.4 Å². The zero-order valence-corrected chi connectivity index (χ0v) is 16.6. The fraction of sp³-hybridized carbons (Fsp3) is 0.333. The quantitative estimate of drug-likeness (QED) is 0.441. The van der Waals surface area contributed by atoms with E-state index in [1.807, 2.05) is 12.1 Å². The summed E-state index contributed by atoms with van der Waals surface area (Å²) < 4.78 is 31.3. The van der Waals surface area contributed by atoms with Crippen LogP contribution >= 0.6 is 0 Å². The summed E-state index contributed by atoms with van der Waals surface area (Å²) in [5.41, 5.74) is 3.64. The standard InChI is InChI=1S/C24H21F2NO3/c1-16(28)30-23(29)6-9-27-14-19-5-4-17(12-22(19)24(15-27)7-8-24)2-3-18-10-20(25)13-21(26)11-18/h4-5,10-13H,6-9,14-15H2,1H3.